The van der Waals surface area contributed by atoms with Crippen molar-refractivity contribution >= 4 is 11.7 Å². The number of hydrogen-bond donors (Lipinski definition) is 3. The van der Waals surface area contributed by atoms with Crippen LogP contribution in [0.2, 0.25) is 0 Å². The second kappa shape index (κ2) is 5.89. The molecule has 0 spiro atoms. The van der Waals surface area contributed by atoms with Gasteiger partial charge in [-0.3, -0.25) is 5.41 Å². The number of hydrogen-bond acceptors (Lipinski definition) is 4. The first-order valence-electron chi connectivity index (χ1n) is 5.39. The number of ether oxygens (including phenoxy) is 1. The summed E-state index contributed by atoms with van der Waals surface area (Å²) in [7, 11) is 0. The van der Waals surface area contributed by atoms with E-state index in [4.69, 9.17) is 15.9 Å². The molecule has 1 aliphatic carbocycles. The van der Waals surface area contributed by atoms with Gasteiger partial charge < -0.3 is 15.6 Å². The fourth-order valence-electron chi connectivity index (χ4n) is 1.29. The molecule has 0 saturated heterocycles. The van der Waals surface area contributed by atoms with E-state index in [1.807, 2.05) is 12.2 Å². The van der Waals surface area contributed by atoms with Gasteiger partial charge in [-0.05, 0) is 31.9 Å². The molecule has 0 aromatic heterocycles. The number of aliphatic hydroxyl groups is 1. The van der Waals surface area contributed by atoms with Gasteiger partial charge in [-0.1, -0.05) is 12.2 Å². The van der Waals surface area contributed by atoms with Crippen molar-refractivity contribution in [1.29, 1.82) is 5.41 Å². The Balaban J connectivity index is 3.00. The molecule has 0 saturated carbocycles. The van der Waals surface area contributed by atoms with Crippen LogP contribution in [-0.2, 0) is 4.74 Å². The van der Waals surface area contributed by atoms with Crippen LogP contribution in [0.25, 0.3) is 0 Å². The zero-order valence-electron chi connectivity index (χ0n) is 10.0. The zero-order chi connectivity index (χ0) is 12.8. The number of nitrogens with zero attached hydrogens (tertiary/aromatic N) is 1. The third kappa shape index (κ3) is 3.48. The summed E-state index contributed by atoms with van der Waals surface area (Å²) in [6.07, 6.45) is 6.16. The predicted octanol–water partition coefficient (Wildman–Crippen LogP) is 2.03. The number of allylic oxidation sites excluding steroid dienone is 4. The summed E-state index contributed by atoms with van der Waals surface area (Å²) >= 11 is 0. The first-order chi connectivity index (χ1) is 8.06. The summed E-state index contributed by atoms with van der Waals surface area (Å²) in [6, 6.07) is 0. The number of aliphatic imine (C=N–C) groups is 1. The van der Waals surface area contributed by atoms with E-state index >= 15 is 0 Å². The Kier molecular flexibility index (Phi) is 4.51. The number of rotatable bonds is 2. The Hall–Kier alpha value is -2.04. The van der Waals surface area contributed by atoms with Gasteiger partial charge in [-0.25, -0.2) is 4.99 Å². The number of nitrogens with one attached hydrogen (secondary N) is 1. The number of nitrogens with two attached hydrogens (primary N) is 1. The third-order valence-electron chi connectivity index (χ3n) is 2.21. The Morgan fingerprint density at radius 3 is 3.00 bits per heavy atom. The molecule has 0 unspecified atom stereocenters. The van der Waals surface area contributed by atoms with Gasteiger partial charge in [0.2, 0.25) is 5.90 Å². The van der Waals surface area contributed by atoms with Crippen LogP contribution in [-0.4, -0.2) is 23.4 Å². The van der Waals surface area contributed by atoms with Crippen molar-refractivity contribution in [3.8, 4) is 0 Å². The first kappa shape index (κ1) is 13.0. The molecule has 0 fully saturated rings. The van der Waals surface area contributed by atoms with Crippen LogP contribution >= 0.6 is 0 Å². The molecule has 0 bridgehead atoms. The quantitative estimate of drug-likeness (QED) is 0.505. The largest absolute Gasteiger partial charge is 0.505 e. The van der Waals surface area contributed by atoms with Crippen molar-refractivity contribution in [2.75, 3.05) is 6.61 Å². The molecular weight excluding hydrogens is 218 g/mol. The van der Waals surface area contributed by atoms with Gasteiger partial charge in [0.15, 0.2) is 5.84 Å². The monoisotopic (exact) mass is 235 g/mol. The number of aliphatic hydroxyl groups excluding tert-OH is 1. The van der Waals surface area contributed by atoms with E-state index in [1.54, 1.807) is 19.9 Å². The highest BCUT2D eigenvalue weighted by atomic mass is 16.5. The summed E-state index contributed by atoms with van der Waals surface area (Å²) in [4.78, 5) is 3.99. The van der Waals surface area contributed by atoms with Crippen molar-refractivity contribution in [2.45, 2.75) is 20.3 Å². The molecule has 1 rings (SSSR count). The van der Waals surface area contributed by atoms with E-state index in [0.717, 1.165) is 12.0 Å². The van der Waals surface area contributed by atoms with E-state index in [9.17, 15) is 5.11 Å². The summed E-state index contributed by atoms with van der Waals surface area (Å²) in [5.74, 6) is -0.161. The maximum Gasteiger partial charge on any atom is 0.249 e. The molecule has 0 aliphatic heterocycles. The second-order valence-corrected chi connectivity index (χ2v) is 3.52. The maximum absolute atomic E-state index is 9.86. The molecule has 0 atom stereocenters. The van der Waals surface area contributed by atoms with Crippen LogP contribution in [0, 0.1) is 5.41 Å². The molecule has 5 nitrogen and oxygen atoms in total. The van der Waals surface area contributed by atoms with Crippen LogP contribution in [0.4, 0.5) is 0 Å². The van der Waals surface area contributed by atoms with Crippen LogP contribution in [0.1, 0.15) is 20.3 Å². The lowest BCUT2D eigenvalue weighted by molar-refractivity contribution is 0.330. The Morgan fingerprint density at radius 2 is 2.35 bits per heavy atom. The van der Waals surface area contributed by atoms with Crippen LogP contribution in [0.15, 0.2) is 40.2 Å². The fraction of sp³-hybridized carbons (Fsp3) is 0.333. The third-order valence-corrected chi connectivity index (χ3v) is 2.21. The molecule has 0 aromatic rings. The van der Waals surface area contributed by atoms with E-state index in [1.165, 1.54) is 0 Å². The van der Waals surface area contributed by atoms with Gasteiger partial charge in [-0.15, -0.1) is 0 Å². The van der Waals surface area contributed by atoms with Gasteiger partial charge in [0.25, 0.3) is 0 Å². The maximum atomic E-state index is 9.86. The highest BCUT2D eigenvalue weighted by molar-refractivity contribution is 6.36. The fourth-order valence-corrected chi connectivity index (χ4v) is 1.29. The summed E-state index contributed by atoms with van der Waals surface area (Å²) in [6.45, 7) is 3.91. The molecule has 92 valence electrons. The van der Waals surface area contributed by atoms with E-state index in [0.29, 0.717) is 12.3 Å². The molecule has 0 heterocycles. The summed E-state index contributed by atoms with van der Waals surface area (Å²) in [5, 5.41) is 17.3. The van der Waals surface area contributed by atoms with Gasteiger partial charge in [0, 0.05) is 0 Å². The lowest BCUT2D eigenvalue weighted by Gasteiger charge is -2.05. The van der Waals surface area contributed by atoms with E-state index < -0.39 is 0 Å². The molecule has 0 radical (unpaired) electrons. The minimum atomic E-state index is -0.188. The predicted molar refractivity (Wildman–Crippen MR) is 68.1 cm³/mol. The standard InChI is InChI=1S/C12H17N3O2/c1-3-17-12(14)11(13)15-9-7-5-4-6-8(2)10(9)16/h5-7,14,16H,3-4H2,1-2H3,(H2,13,15). The zero-order valence-corrected chi connectivity index (χ0v) is 10.0. The minimum Gasteiger partial charge on any atom is -0.505 e. The Labute approximate surface area is 101 Å². The molecule has 0 aromatic carbocycles. The highest BCUT2D eigenvalue weighted by Gasteiger charge is 2.09. The van der Waals surface area contributed by atoms with Crippen LogP contribution in [0.3, 0.4) is 0 Å². The first-order valence-corrected chi connectivity index (χ1v) is 5.39. The Bertz CT molecular complexity index is 431. The molecule has 5 heteroatoms. The van der Waals surface area contributed by atoms with Gasteiger partial charge >= 0.3 is 0 Å². The van der Waals surface area contributed by atoms with Crippen LogP contribution in [0.5, 0.6) is 0 Å². The summed E-state index contributed by atoms with van der Waals surface area (Å²) in [5.41, 5.74) is 6.68. The van der Waals surface area contributed by atoms with Crippen LogP contribution < -0.4 is 5.73 Å². The average molecular weight is 235 g/mol. The van der Waals surface area contributed by atoms with E-state index in [2.05, 4.69) is 4.99 Å². The van der Waals surface area contributed by atoms with Gasteiger partial charge in [0.05, 0.1) is 6.61 Å². The van der Waals surface area contributed by atoms with Crippen molar-refractivity contribution < 1.29 is 9.84 Å². The van der Waals surface area contributed by atoms with Crippen molar-refractivity contribution in [1.82, 2.24) is 0 Å². The van der Waals surface area contributed by atoms with Crippen molar-refractivity contribution in [2.24, 2.45) is 10.7 Å². The topological polar surface area (TPSA) is 91.7 Å². The van der Waals surface area contributed by atoms with E-state index in [-0.39, 0.29) is 17.5 Å². The average Bonchev–Trinajstić information content (AvgIpc) is 2.45. The SMILES string of the molecule is CCOC(=N)C(N)=NC1=C(O)C(C)=CCC=C1. The highest BCUT2D eigenvalue weighted by Crippen LogP contribution is 2.18. The molecular formula is C12H17N3O2. The summed E-state index contributed by atoms with van der Waals surface area (Å²) < 4.78 is 4.92. The normalized spacial score (nSPS) is 16.6. The Morgan fingerprint density at radius 1 is 1.65 bits per heavy atom. The van der Waals surface area contributed by atoms with Crippen molar-refractivity contribution in [3.05, 3.63) is 35.3 Å². The molecule has 4 N–H and O–H groups in total. The number of amidine groups is 1. The lowest BCUT2D eigenvalue weighted by atomic mass is 10.2. The van der Waals surface area contributed by atoms with Gasteiger partial charge in [-0.2, -0.15) is 0 Å². The molecule has 0 amide bonds. The van der Waals surface area contributed by atoms with Gasteiger partial charge in [0.1, 0.15) is 11.5 Å². The smallest absolute Gasteiger partial charge is 0.249 e. The molecule has 1 aliphatic rings. The minimum absolute atomic E-state index is 0.0484. The molecule has 17 heavy (non-hydrogen) atoms. The second-order valence-electron chi connectivity index (χ2n) is 3.52. The van der Waals surface area contributed by atoms with Crippen molar-refractivity contribution in [3.63, 3.8) is 0 Å². The lowest BCUT2D eigenvalue weighted by Crippen LogP contribution is -2.25.